The molecule has 0 saturated carbocycles. The second-order valence-corrected chi connectivity index (χ2v) is 5.61. The molecule has 1 N–H and O–H groups in total. The molecule has 0 radical (unpaired) electrons. The summed E-state index contributed by atoms with van der Waals surface area (Å²) in [6.45, 7) is 10.2. The van der Waals surface area contributed by atoms with Crippen LogP contribution in [0.15, 0.2) is 25.3 Å². The summed E-state index contributed by atoms with van der Waals surface area (Å²) in [4.78, 5) is 18.2. The van der Waals surface area contributed by atoms with Gasteiger partial charge in [0.2, 0.25) is 5.91 Å². The van der Waals surface area contributed by atoms with Crippen molar-refractivity contribution in [3.8, 4) is 0 Å². The Kier molecular flexibility index (Phi) is 6.91. The number of hydrogen-bond acceptors (Lipinski definition) is 4. The Balaban J connectivity index is 2.61. The summed E-state index contributed by atoms with van der Waals surface area (Å²) in [6, 6.07) is 0.235. The van der Waals surface area contributed by atoms with Crippen LogP contribution < -0.4 is 0 Å². The number of rotatable bonds is 8. The predicted octanol–water partition coefficient (Wildman–Crippen LogP) is 0.184. The van der Waals surface area contributed by atoms with Crippen LogP contribution in [0.25, 0.3) is 0 Å². The monoisotopic (exact) mass is 281 g/mol. The largest absolute Gasteiger partial charge is 0.392 e. The second kappa shape index (κ2) is 8.19. The van der Waals surface area contributed by atoms with E-state index in [9.17, 15) is 9.90 Å². The molecule has 0 spiro atoms. The van der Waals surface area contributed by atoms with Gasteiger partial charge < -0.3 is 14.9 Å². The SMILES string of the molecule is C=CCN(CC=C)C(=O)CN1CC(O)CC1CN(C)C. The number of hydrogen-bond donors (Lipinski definition) is 1. The fourth-order valence-electron chi connectivity index (χ4n) is 2.63. The normalized spacial score (nSPS) is 23.0. The minimum atomic E-state index is -0.333. The fourth-order valence-corrected chi connectivity index (χ4v) is 2.63. The van der Waals surface area contributed by atoms with E-state index in [1.807, 2.05) is 14.1 Å². The zero-order chi connectivity index (χ0) is 15.1. The van der Waals surface area contributed by atoms with Gasteiger partial charge in [0.25, 0.3) is 0 Å². The zero-order valence-corrected chi connectivity index (χ0v) is 12.7. The van der Waals surface area contributed by atoms with E-state index >= 15 is 0 Å². The van der Waals surface area contributed by atoms with Gasteiger partial charge in [-0.3, -0.25) is 9.69 Å². The molecule has 1 fully saturated rings. The number of β-amino-alcohol motifs (C(OH)–C–C–N with tert-alkyl or cyclic N) is 1. The molecule has 1 heterocycles. The number of amides is 1. The third-order valence-electron chi connectivity index (χ3n) is 3.47. The lowest BCUT2D eigenvalue weighted by Gasteiger charge is -2.28. The Hall–Kier alpha value is -1.17. The van der Waals surface area contributed by atoms with Crippen molar-refractivity contribution < 1.29 is 9.90 Å². The smallest absolute Gasteiger partial charge is 0.237 e. The molecule has 2 unspecified atom stereocenters. The fraction of sp³-hybridized carbons (Fsp3) is 0.667. The summed E-state index contributed by atoms with van der Waals surface area (Å²) in [5.74, 6) is 0.0580. The highest BCUT2D eigenvalue weighted by Crippen LogP contribution is 2.18. The first-order valence-corrected chi connectivity index (χ1v) is 7.04. The molecule has 1 aliphatic rings. The molecule has 20 heavy (non-hydrogen) atoms. The van der Waals surface area contributed by atoms with Crippen LogP contribution >= 0.6 is 0 Å². The van der Waals surface area contributed by atoms with Gasteiger partial charge >= 0.3 is 0 Å². The highest BCUT2D eigenvalue weighted by atomic mass is 16.3. The summed E-state index contributed by atoms with van der Waals surface area (Å²) < 4.78 is 0. The van der Waals surface area contributed by atoms with Crippen molar-refractivity contribution in [1.29, 1.82) is 0 Å². The molecular weight excluding hydrogens is 254 g/mol. The molecule has 1 rings (SSSR count). The van der Waals surface area contributed by atoms with Crippen LogP contribution in [0.4, 0.5) is 0 Å². The van der Waals surface area contributed by atoms with Gasteiger partial charge in [-0.05, 0) is 20.5 Å². The summed E-state index contributed by atoms with van der Waals surface area (Å²) in [5, 5.41) is 9.82. The maximum absolute atomic E-state index is 12.3. The number of carbonyl (C=O) groups excluding carboxylic acids is 1. The first-order chi connectivity index (χ1) is 9.47. The van der Waals surface area contributed by atoms with E-state index in [0.717, 1.165) is 13.0 Å². The van der Waals surface area contributed by atoms with Gasteiger partial charge in [0.15, 0.2) is 0 Å². The van der Waals surface area contributed by atoms with Gasteiger partial charge in [-0.2, -0.15) is 0 Å². The van der Waals surface area contributed by atoms with E-state index in [4.69, 9.17) is 0 Å². The van der Waals surface area contributed by atoms with Crippen molar-refractivity contribution in [2.45, 2.75) is 18.6 Å². The number of likely N-dealkylation sites (tertiary alicyclic amines) is 1. The standard InChI is InChI=1S/C15H27N3O2/c1-5-7-17(8-6-2)15(20)12-18-11-14(19)9-13(18)10-16(3)4/h5-6,13-14,19H,1-2,7-12H2,3-4H3. The van der Waals surface area contributed by atoms with Crippen LogP contribution in [-0.4, -0.2) is 84.7 Å². The Morgan fingerprint density at radius 2 is 1.95 bits per heavy atom. The molecule has 114 valence electrons. The third-order valence-corrected chi connectivity index (χ3v) is 3.47. The van der Waals surface area contributed by atoms with Gasteiger partial charge in [0, 0.05) is 32.2 Å². The number of carbonyl (C=O) groups is 1. The lowest BCUT2D eigenvalue weighted by molar-refractivity contribution is -0.131. The molecule has 1 aliphatic heterocycles. The van der Waals surface area contributed by atoms with Crippen LogP contribution in [0.3, 0.4) is 0 Å². The highest BCUT2D eigenvalue weighted by molar-refractivity contribution is 5.78. The van der Waals surface area contributed by atoms with Crippen LogP contribution in [0, 0.1) is 0 Å². The topological polar surface area (TPSA) is 47.0 Å². The molecular formula is C15H27N3O2. The predicted molar refractivity (Wildman–Crippen MR) is 81.5 cm³/mol. The van der Waals surface area contributed by atoms with Crippen LogP contribution in [0.2, 0.25) is 0 Å². The summed E-state index contributed by atoms with van der Waals surface area (Å²) in [5.41, 5.74) is 0. The average molecular weight is 281 g/mol. The van der Waals surface area contributed by atoms with Crippen molar-refractivity contribution in [2.24, 2.45) is 0 Å². The molecule has 5 nitrogen and oxygen atoms in total. The summed E-state index contributed by atoms with van der Waals surface area (Å²) in [7, 11) is 4.01. The first kappa shape index (κ1) is 16.9. The van der Waals surface area contributed by atoms with Crippen LogP contribution in [-0.2, 0) is 4.79 Å². The van der Waals surface area contributed by atoms with Crippen LogP contribution in [0.5, 0.6) is 0 Å². The number of nitrogens with zero attached hydrogens (tertiary/aromatic N) is 3. The van der Waals surface area contributed by atoms with E-state index in [1.54, 1.807) is 17.1 Å². The Labute approximate surface area is 122 Å². The van der Waals surface area contributed by atoms with Gasteiger partial charge in [-0.15, -0.1) is 13.2 Å². The second-order valence-electron chi connectivity index (χ2n) is 5.61. The maximum Gasteiger partial charge on any atom is 0.237 e. The molecule has 0 aromatic rings. The highest BCUT2D eigenvalue weighted by Gasteiger charge is 2.32. The summed E-state index contributed by atoms with van der Waals surface area (Å²) in [6.07, 6.45) is 3.84. The van der Waals surface area contributed by atoms with Crippen molar-refractivity contribution >= 4 is 5.91 Å². The number of aliphatic hydroxyl groups excluding tert-OH is 1. The van der Waals surface area contributed by atoms with E-state index in [0.29, 0.717) is 26.2 Å². The average Bonchev–Trinajstić information content (AvgIpc) is 2.68. The van der Waals surface area contributed by atoms with Crippen molar-refractivity contribution in [3.63, 3.8) is 0 Å². The van der Waals surface area contributed by atoms with Gasteiger partial charge in [0.1, 0.15) is 0 Å². The maximum atomic E-state index is 12.3. The van der Waals surface area contributed by atoms with Gasteiger partial charge in [-0.1, -0.05) is 12.2 Å². The lowest BCUT2D eigenvalue weighted by Crippen LogP contribution is -2.45. The van der Waals surface area contributed by atoms with E-state index in [1.165, 1.54) is 0 Å². The number of aliphatic hydroxyl groups is 1. The van der Waals surface area contributed by atoms with Crippen LogP contribution in [0.1, 0.15) is 6.42 Å². The van der Waals surface area contributed by atoms with E-state index < -0.39 is 0 Å². The molecule has 0 bridgehead atoms. The Morgan fingerprint density at radius 3 is 2.45 bits per heavy atom. The molecule has 1 saturated heterocycles. The lowest BCUT2D eigenvalue weighted by atomic mass is 10.2. The number of likely N-dealkylation sites (N-methyl/N-ethyl adjacent to an activating group) is 1. The zero-order valence-electron chi connectivity index (χ0n) is 12.7. The van der Waals surface area contributed by atoms with Crippen molar-refractivity contribution in [1.82, 2.24) is 14.7 Å². The molecule has 1 amide bonds. The Morgan fingerprint density at radius 1 is 1.35 bits per heavy atom. The molecule has 0 aromatic carbocycles. The minimum absolute atomic E-state index is 0.0580. The first-order valence-electron chi connectivity index (χ1n) is 7.04. The van der Waals surface area contributed by atoms with Gasteiger partial charge in [-0.25, -0.2) is 0 Å². The molecule has 0 aromatic heterocycles. The van der Waals surface area contributed by atoms with Gasteiger partial charge in [0.05, 0.1) is 12.6 Å². The molecule has 5 heteroatoms. The minimum Gasteiger partial charge on any atom is -0.392 e. The van der Waals surface area contributed by atoms with E-state index in [-0.39, 0.29) is 18.1 Å². The van der Waals surface area contributed by atoms with Crippen molar-refractivity contribution in [2.75, 3.05) is 46.8 Å². The summed E-state index contributed by atoms with van der Waals surface area (Å²) >= 11 is 0. The quantitative estimate of drug-likeness (QED) is 0.645. The third kappa shape index (κ3) is 5.07. The Bertz CT molecular complexity index is 334. The molecule has 0 aliphatic carbocycles. The van der Waals surface area contributed by atoms with E-state index in [2.05, 4.69) is 23.0 Å². The molecule has 2 atom stereocenters. The van der Waals surface area contributed by atoms with Crippen molar-refractivity contribution in [3.05, 3.63) is 25.3 Å².